The van der Waals surface area contributed by atoms with Gasteiger partial charge in [0.15, 0.2) is 17.5 Å². The van der Waals surface area contributed by atoms with Crippen LogP contribution in [0.3, 0.4) is 0 Å². The van der Waals surface area contributed by atoms with E-state index in [1.165, 1.54) is 0 Å². The van der Waals surface area contributed by atoms with Gasteiger partial charge in [-0.1, -0.05) is 13.3 Å². The highest BCUT2D eigenvalue weighted by Crippen LogP contribution is 2.38. The second-order valence-electron chi connectivity index (χ2n) is 5.44. The normalized spacial score (nSPS) is 11.2. The number of ether oxygens (including phenoxy) is 3. The molecule has 0 radical (unpaired) electrons. The molecule has 1 rings (SSSR count). The molecule has 1 N–H and O–H groups in total. The van der Waals surface area contributed by atoms with Gasteiger partial charge in [-0.3, -0.25) is 4.99 Å². The van der Waals surface area contributed by atoms with Crippen molar-refractivity contribution in [3.8, 4) is 17.2 Å². The van der Waals surface area contributed by atoms with E-state index in [-0.39, 0.29) is 0 Å². The minimum absolute atomic E-state index is 0.555. The van der Waals surface area contributed by atoms with Gasteiger partial charge in [-0.05, 0) is 31.0 Å². The Morgan fingerprint density at radius 2 is 1.79 bits per heavy atom. The van der Waals surface area contributed by atoms with Gasteiger partial charge in [0.1, 0.15) is 0 Å². The van der Waals surface area contributed by atoms with Crippen LogP contribution in [0.15, 0.2) is 17.1 Å². The zero-order valence-electron chi connectivity index (χ0n) is 15.8. The molecule has 0 fully saturated rings. The number of unbranched alkanes of at least 4 members (excludes halogenated alkanes) is 1. The van der Waals surface area contributed by atoms with Gasteiger partial charge in [0.25, 0.3) is 0 Å². The van der Waals surface area contributed by atoms with E-state index in [4.69, 9.17) is 14.2 Å². The van der Waals surface area contributed by atoms with Crippen molar-refractivity contribution < 1.29 is 14.2 Å². The van der Waals surface area contributed by atoms with Gasteiger partial charge in [-0.25, -0.2) is 0 Å². The Morgan fingerprint density at radius 1 is 1.17 bits per heavy atom. The number of methoxy groups -OCH3 is 2. The Bertz CT molecular complexity index is 507. The number of nitrogens with zero attached hydrogens (tertiary/aromatic N) is 2. The summed E-state index contributed by atoms with van der Waals surface area (Å²) in [5, 5.41) is 3.37. The van der Waals surface area contributed by atoms with Gasteiger partial charge in [-0.15, -0.1) is 0 Å². The second kappa shape index (κ2) is 10.6. The lowest BCUT2D eigenvalue weighted by molar-refractivity contribution is 0.288. The highest BCUT2D eigenvalue weighted by atomic mass is 16.5. The molecule has 24 heavy (non-hydrogen) atoms. The molecule has 0 spiro atoms. The maximum absolute atomic E-state index is 5.63. The lowest BCUT2D eigenvalue weighted by Crippen LogP contribution is -2.38. The van der Waals surface area contributed by atoms with Crippen LogP contribution in [0.2, 0.25) is 0 Å². The molecule has 0 bridgehead atoms. The summed E-state index contributed by atoms with van der Waals surface area (Å²) in [6.07, 6.45) is 2.30. The standard InChI is InChI=1S/C18H31N3O3/c1-7-9-10-21(4)18(19-3)20-13-14-11-15(22-5)17(24-8-2)16(12-14)23-6/h11-12H,7-10,13H2,1-6H3,(H,19,20). The number of rotatable bonds is 9. The first kappa shape index (κ1) is 19.9. The first-order valence-electron chi connectivity index (χ1n) is 8.40. The SMILES string of the molecule is CCCCN(C)C(=NC)NCc1cc(OC)c(OCC)c(OC)c1. The van der Waals surface area contributed by atoms with Crippen LogP contribution in [0.4, 0.5) is 0 Å². The minimum atomic E-state index is 0.555. The first-order valence-corrected chi connectivity index (χ1v) is 8.40. The number of guanidine groups is 1. The molecular formula is C18H31N3O3. The third kappa shape index (κ3) is 5.51. The van der Waals surface area contributed by atoms with Crippen molar-refractivity contribution in [2.24, 2.45) is 4.99 Å². The summed E-state index contributed by atoms with van der Waals surface area (Å²) in [6, 6.07) is 3.92. The fraction of sp³-hybridized carbons (Fsp3) is 0.611. The van der Waals surface area contributed by atoms with Crippen molar-refractivity contribution in [3.63, 3.8) is 0 Å². The van der Waals surface area contributed by atoms with Crippen LogP contribution < -0.4 is 19.5 Å². The Hall–Kier alpha value is -2.11. The third-order valence-electron chi connectivity index (χ3n) is 3.68. The predicted molar refractivity (Wildman–Crippen MR) is 98.5 cm³/mol. The van der Waals surface area contributed by atoms with E-state index in [1.54, 1.807) is 21.3 Å². The summed E-state index contributed by atoms with van der Waals surface area (Å²) < 4.78 is 16.5. The number of nitrogens with one attached hydrogen (secondary N) is 1. The molecular weight excluding hydrogens is 306 g/mol. The summed E-state index contributed by atoms with van der Waals surface area (Å²) >= 11 is 0. The van der Waals surface area contributed by atoms with E-state index in [2.05, 4.69) is 22.1 Å². The monoisotopic (exact) mass is 337 g/mol. The molecule has 1 aromatic rings. The molecule has 0 saturated carbocycles. The number of hydrogen-bond donors (Lipinski definition) is 1. The van der Waals surface area contributed by atoms with Crippen molar-refractivity contribution in [1.29, 1.82) is 0 Å². The van der Waals surface area contributed by atoms with Crippen molar-refractivity contribution in [2.75, 3.05) is 41.5 Å². The molecule has 1 aromatic carbocycles. The molecule has 6 nitrogen and oxygen atoms in total. The van der Waals surface area contributed by atoms with Gasteiger partial charge < -0.3 is 24.4 Å². The van der Waals surface area contributed by atoms with E-state index in [0.717, 1.165) is 30.9 Å². The Balaban J connectivity index is 2.87. The quantitative estimate of drug-likeness (QED) is 0.555. The van der Waals surface area contributed by atoms with Crippen LogP contribution in [-0.4, -0.2) is 52.3 Å². The minimum Gasteiger partial charge on any atom is -0.493 e. The molecule has 0 unspecified atom stereocenters. The zero-order chi connectivity index (χ0) is 17.9. The first-order chi connectivity index (χ1) is 11.6. The van der Waals surface area contributed by atoms with E-state index in [1.807, 2.05) is 26.1 Å². The topological polar surface area (TPSA) is 55.3 Å². The molecule has 0 aliphatic carbocycles. The van der Waals surface area contributed by atoms with Crippen LogP contribution in [0.5, 0.6) is 17.2 Å². The molecule has 136 valence electrons. The van der Waals surface area contributed by atoms with Crippen molar-refractivity contribution >= 4 is 5.96 Å². The van der Waals surface area contributed by atoms with E-state index in [9.17, 15) is 0 Å². The van der Waals surface area contributed by atoms with Gasteiger partial charge in [0.05, 0.1) is 20.8 Å². The van der Waals surface area contributed by atoms with Crippen molar-refractivity contribution in [2.45, 2.75) is 33.2 Å². The van der Waals surface area contributed by atoms with Gasteiger partial charge in [0, 0.05) is 27.2 Å². The van der Waals surface area contributed by atoms with Crippen LogP contribution >= 0.6 is 0 Å². The number of aliphatic imine (C=N–C) groups is 1. The highest BCUT2D eigenvalue weighted by Gasteiger charge is 2.14. The highest BCUT2D eigenvalue weighted by molar-refractivity contribution is 5.79. The number of benzene rings is 1. The zero-order valence-corrected chi connectivity index (χ0v) is 15.8. The average molecular weight is 337 g/mol. The van der Waals surface area contributed by atoms with Crippen molar-refractivity contribution in [3.05, 3.63) is 17.7 Å². The fourth-order valence-corrected chi connectivity index (χ4v) is 2.39. The van der Waals surface area contributed by atoms with Crippen LogP contribution in [0.25, 0.3) is 0 Å². The lowest BCUT2D eigenvalue weighted by Gasteiger charge is -2.22. The smallest absolute Gasteiger partial charge is 0.203 e. The predicted octanol–water partition coefficient (Wildman–Crippen LogP) is 2.91. The molecule has 0 aliphatic rings. The summed E-state index contributed by atoms with van der Waals surface area (Å²) in [5.41, 5.74) is 1.04. The lowest BCUT2D eigenvalue weighted by atomic mass is 10.1. The third-order valence-corrected chi connectivity index (χ3v) is 3.68. The molecule has 0 heterocycles. The average Bonchev–Trinajstić information content (AvgIpc) is 2.61. The van der Waals surface area contributed by atoms with Crippen LogP contribution in [0, 0.1) is 0 Å². The van der Waals surface area contributed by atoms with Crippen molar-refractivity contribution in [1.82, 2.24) is 10.2 Å². The maximum Gasteiger partial charge on any atom is 0.203 e. The molecule has 0 saturated heterocycles. The summed E-state index contributed by atoms with van der Waals surface area (Å²) in [6.45, 7) is 6.28. The largest absolute Gasteiger partial charge is 0.493 e. The van der Waals surface area contributed by atoms with Gasteiger partial charge >= 0.3 is 0 Å². The maximum atomic E-state index is 5.63. The number of hydrogen-bond acceptors (Lipinski definition) is 4. The Labute approximate surface area is 145 Å². The summed E-state index contributed by atoms with van der Waals surface area (Å²) in [7, 11) is 7.10. The van der Waals surface area contributed by atoms with Gasteiger partial charge in [-0.2, -0.15) is 0 Å². The molecule has 0 aliphatic heterocycles. The molecule has 0 aromatic heterocycles. The van der Waals surface area contributed by atoms with E-state index >= 15 is 0 Å². The molecule has 6 heteroatoms. The van der Waals surface area contributed by atoms with E-state index in [0.29, 0.717) is 30.4 Å². The van der Waals surface area contributed by atoms with Crippen LogP contribution in [0.1, 0.15) is 32.3 Å². The van der Waals surface area contributed by atoms with E-state index < -0.39 is 0 Å². The Morgan fingerprint density at radius 3 is 2.25 bits per heavy atom. The summed E-state index contributed by atoms with van der Waals surface area (Å²) in [5.74, 6) is 2.84. The Kier molecular flexibility index (Phi) is 8.83. The summed E-state index contributed by atoms with van der Waals surface area (Å²) in [4.78, 5) is 6.46. The van der Waals surface area contributed by atoms with Crippen LogP contribution in [-0.2, 0) is 6.54 Å². The molecule has 0 amide bonds. The molecule has 0 atom stereocenters. The van der Waals surface area contributed by atoms with Gasteiger partial charge in [0.2, 0.25) is 5.75 Å². The fourth-order valence-electron chi connectivity index (χ4n) is 2.39. The second-order valence-corrected chi connectivity index (χ2v) is 5.44.